The minimum Gasteiger partial charge on any atom is -0.264 e. The first-order chi connectivity index (χ1) is 23.9. The molecule has 2 nitrogen and oxygen atoms in total. The first kappa shape index (κ1) is 30.3. The fourth-order valence-electron chi connectivity index (χ4n) is 9.11. The summed E-state index contributed by atoms with van der Waals surface area (Å²) >= 11 is 0. The van der Waals surface area contributed by atoms with Crippen LogP contribution in [0.3, 0.4) is 0 Å². The predicted molar refractivity (Wildman–Crippen MR) is 205 cm³/mol. The zero-order valence-electron chi connectivity index (χ0n) is 28.9. The number of rotatable bonds is 4. The van der Waals surface area contributed by atoms with Crippen molar-refractivity contribution in [2.45, 2.75) is 70.6 Å². The van der Waals surface area contributed by atoms with Gasteiger partial charge in [0.15, 0.2) is 0 Å². The number of hydrogen-bond acceptors (Lipinski definition) is 2. The van der Waals surface area contributed by atoms with Crippen molar-refractivity contribution in [3.63, 3.8) is 0 Å². The maximum Gasteiger partial charge on any atom is 0.0712 e. The van der Waals surface area contributed by atoms with E-state index in [0.29, 0.717) is 11.8 Å². The highest BCUT2D eigenvalue weighted by Crippen LogP contribution is 2.54. The third kappa shape index (κ3) is 5.24. The molecular weight excluding hydrogens is 593 g/mol. The van der Waals surface area contributed by atoms with E-state index < -0.39 is 0 Å². The van der Waals surface area contributed by atoms with E-state index in [1.165, 1.54) is 79.7 Å². The molecular formula is C47H44N2. The summed E-state index contributed by atoms with van der Waals surface area (Å²) in [6.45, 7) is 7.20. The zero-order chi connectivity index (χ0) is 33.1. The van der Waals surface area contributed by atoms with Gasteiger partial charge in [0.05, 0.1) is 11.4 Å². The van der Waals surface area contributed by atoms with Gasteiger partial charge in [0.1, 0.15) is 0 Å². The summed E-state index contributed by atoms with van der Waals surface area (Å²) < 4.78 is 0. The number of nitrogens with zero attached hydrogens (tertiary/aromatic N) is 2. The standard InChI is InChI=1S/C47H44N2/c1-30-12-13-35-25-37(19-18-34(35)24-30)41-28-45(38-20-21-40-31(2)8-6-9-36(40)26-38)49-46-43(41)27-42(44-11-4-5-22-47(44,46)3)33-16-14-32(15-17-33)39-10-7-23-48-29-39/h4-7,9-10,14-21,23,25-31,44H,8,11-13,22,24H2,1-3H3. The monoisotopic (exact) mass is 636 g/mol. The molecule has 2 aromatic heterocycles. The Kier molecular flexibility index (Phi) is 7.38. The minimum absolute atomic E-state index is 0.118. The first-order valence-electron chi connectivity index (χ1n) is 18.3. The lowest BCUT2D eigenvalue weighted by molar-refractivity contribution is 0.337. The summed E-state index contributed by atoms with van der Waals surface area (Å²) in [5, 5.41) is 0. The van der Waals surface area contributed by atoms with E-state index in [1.807, 2.05) is 18.5 Å². The molecule has 0 bridgehead atoms. The summed E-state index contributed by atoms with van der Waals surface area (Å²) in [4.78, 5) is 10.0. The lowest BCUT2D eigenvalue weighted by Gasteiger charge is -2.44. The van der Waals surface area contributed by atoms with Crippen molar-refractivity contribution in [2.24, 2.45) is 11.8 Å². The maximum atomic E-state index is 5.66. The molecule has 4 unspecified atom stereocenters. The third-order valence-corrected chi connectivity index (χ3v) is 12.0. The molecule has 4 aliphatic carbocycles. The van der Waals surface area contributed by atoms with E-state index in [4.69, 9.17) is 4.98 Å². The number of fused-ring (bicyclic) bond motifs is 5. The molecule has 3 aromatic carbocycles. The molecule has 0 aliphatic heterocycles. The lowest BCUT2D eigenvalue weighted by Crippen LogP contribution is -2.38. The Balaban J connectivity index is 1.25. The van der Waals surface area contributed by atoms with E-state index in [2.05, 4.69) is 129 Å². The van der Waals surface area contributed by atoms with Crippen LogP contribution in [0.15, 0.2) is 109 Å². The lowest BCUT2D eigenvalue weighted by atomic mass is 9.60. The van der Waals surface area contributed by atoms with Crippen molar-refractivity contribution in [1.82, 2.24) is 9.97 Å². The molecule has 4 aliphatic rings. The van der Waals surface area contributed by atoms with E-state index >= 15 is 0 Å². The van der Waals surface area contributed by atoms with Crippen LogP contribution in [0.4, 0.5) is 0 Å². The Morgan fingerprint density at radius 3 is 2.45 bits per heavy atom. The Labute approximate surface area is 291 Å². The smallest absolute Gasteiger partial charge is 0.0712 e. The van der Waals surface area contributed by atoms with Gasteiger partial charge in [-0.2, -0.15) is 0 Å². The normalized spacial score (nSPS) is 23.6. The highest BCUT2D eigenvalue weighted by molar-refractivity contribution is 5.94. The molecule has 0 N–H and O–H groups in total. The van der Waals surface area contributed by atoms with Crippen LogP contribution in [-0.2, 0) is 18.3 Å². The Bertz CT molecular complexity index is 2170. The summed E-state index contributed by atoms with van der Waals surface area (Å²) in [5.41, 5.74) is 18.2. The molecule has 2 heteroatoms. The van der Waals surface area contributed by atoms with Gasteiger partial charge < -0.3 is 0 Å². The van der Waals surface area contributed by atoms with Gasteiger partial charge in [-0.1, -0.05) is 106 Å². The molecule has 0 amide bonds. The van der Waals surface area contributed by atoms with E-state index in [-0.39, 0.29) is 5.41 Å². The van der Waals surface area contributed by atoms with Gasteiger partial charge in [0.25, 0.3) is 0 Å². The number of allylic oxidation sites excluding steroid dienone is 4. The molecule has 9 rings (SSSR count). The highest BCUT2D eigenvalue weighted by atomic mass is 14.8. The molecule has 4 atom stereocenters. The Hall–Kier alpha value is -4.82. The van der Waals surface area contributed by atoms with Crippen LogP contribution in [0, 0.1) is 11.8 Å². The van der Waals surface area contributed by atoms with Crippen molar-refractivity contribution < 1.29 is 0 Å². The molecule has 5 aromatic rings. The second-order valence-corrected chi connectivity index (χ2v) is 15.3. The van der Waals surface area contributed by atoms with Crippen LogP contribution in [0.2, 0.25) is 0 Å². The van der Waals surface area contributed by atoms with Crippen LogP contribution in [0.1, 0.15) is 91.4 Å². The Morgan fingerprint density at radius 2 is 1.59 bits per heavy atom. The summed E-state index contributed by atoms with van der Waals surface area (Å²) in [6, 6.07) is 30.0. The van der Waals surface area contributed by atoms with Crippen LogP contribution in [0.5, 0.6) is 0 Å². The van der Waals surface area contributed by atoms with Crippen LogP contribution in [0.25, 0.3) is 51.2 Å². The van der Waals surface area contributed by atoms with E-state index in [1.54, 1.807) is 0 Å². The molecule has 0 saturated carbocycles. The molecule has 2 heterocycles. The summed E-state index contributed by atoms with van der Waals surface area (Å²) in [5.74, 6) is 1.66. The average molecular weight is 637 g/mol. The third-order valence-electron chi connectivity index (χ3n) is 12.0. The van der Waals surface area contributed by atoms with Gasteiger partial charge in [-0.25, -0.2) is 0 Å². The maximum absolute atomic E-state index is 5.66. The summed E-state index contributed by atoms with van der Waals surface area (Å²) in [7, 11) is 0. The summed E-state index contributed by atoms with van der Waals surface area (Å²) in [6.07, 6.45) is 22.4. The topological polar surface area (TPSA) is 25.8 Å². The first-order valence-corrected chi connectivity index (χ1v) is 18.3. The SMILES string of the molecule is CC1CCc2cc(-c3cc(-c4ccc5c(c4)C=CCC5C)nc4c3C=C(c3ccc(-c5cccnc5)cc3)C3CC=CCC43C)ccc2C1. The quantitative estimate of drug-likeness (QED) is 0.183. The fourth-order valence-corrected chi connectivity index (χ4v) is 9.11. The van der Waals surface area contributed by atoms with Gasteiger partial charge >= 0.3 is 0 Å². The predicted octanol–water partition coefficient (Wildman–Crippen LogP) is 11.9. The molecule has 49 heavy (non-hydrogen) atoms. The van der Waals surface area contributed by atoms with Crippen LogP contribution in [-0.4, -0.2) is 9.97 Å². The highest BCUT2D eigenvalue weighted by Gasteiger charge is 2.44. The van der Waals surface area contributed by atoms with Crippen LogP contribution >= 0.6 is 0 Å². The molecule has 0 saturated heterocycles. The van der Waals surface area contributed by atoms with E-state index in [0.717, 1.165) is 42.9 Å². The zero-order valence-corrected chi connectivity index (χ0v) is 28.9. The van der Waals surface area contributed by atoms with Gasteiger partial charge in [-0.05, 0) is 136 Å². The minimum atomic E-state index is -0.118. The van der Waals surface area contributed by atoms with Crippen molar-refractivity contribution in [3.05, 3.63) is 149 Å². The number of benzene rings is 3. The second-order valence-electron chi connectivity index (χ2n) is 15.3. The molecule has 0 radical (unpaired) electrons. The number of aryl methyl sites for hydroxylation is 1. The van der Waals surface area contributed by atoms with Gasteiger partial charge in [0.2, 0.25) is 0 Å². The molecule has 242 valence electrons. The Morgan fingerprint density at radius 1 is 0.755 bits per heavy atom. The van der Waals surface area contributed by atoms with E-state index in [9.17, 15) is 0 Å². The van der Waals surface area contributed by atoms with Gasteiger partial charge in [-0.3, -0.25) is 9.97 Å². The van der Waals surface area contributed by atoms with Crippen molar-refractivity contribution in [2.75, 3.05) is 0 Å². The molecule has 0 spiro atoms. The second kappa shape index (κ2) is 11.9. The van der Waals surface area contributed by atoms with Crippen molar-refractivity contribution in [1.29, 1.82) is 0 Å². The van der Waals surface area contributed by atoms with Crippen LogP contribution < -0.4 is 0 Å². The largest absolute Gasteiger partial charge is 0.264 e. The fraction of sp³-hybridized carbons (Fsp3) is 0.277. The number of aromatic nitrogens is 2. The number of hydrogen-bond donors (Lipinski definition) is 0. The van der Waals surface area contributed by atoms with Crippen molar-refractivity contribution in [3.8, 4) is 33.5 Å². The molecule has 0 fully saturated rings. The van der Waals surface area contributed by atoms with Gasteiger partial charge in [0, 0.05) is 28.9 Å². The average Bonchev–Trinajstić information content (AvgIpc) is 3.14. The van der Waals surface area contributed by atoms with Crippen molar-refractivity contribution >= 4 is 17.7 Å². The number of pyridine rings is 2. The van der Waals surface area contributed by atoms with Gasteiger partial charge in [-0.15, -0.1) is 0 Å².